The van der Waals surface area contributed by atoms with Gasteiger partial charge in [-0.1, -0.05) is 30.3 Å². The summed E-state index contributed by atoms with van der Waals surface area (Å²) in [5.41, 5.74) is 9.04. The maximum Gasteiger partial charge on any atom is 0.220 e. The number of para-hydroxylation sites is 1. The van der Waals surface area contributed by atoms with Gasteiger partial charge in [0, 0.05) is 37.3 Å². The number of methoxy groups -OCH3 is 2. The van der Waals surface area contributed by atoms with Gasteiger partial charge in [0.25, 0.3) is 0 Å². The first-order valence-electron chi connectivity index (χ1n) is 11.5. The molecule has 3 aliphatic rings. The van der Waals surface area contributed by atoms with E-state index in [0.717, 1.165) is 29.3 Å². The van der Waals surface area contributed by atoms with Gasteiger partial charge in [0.1, 0.15) is 23.5 Å². The number of hydrazine groups is 1. The van der Waals surface area contributed by atoms with Gasteiger partial charge in [-0.3, -0.25) is 10.2 Å². The topological polar surface area (TPSA) is 90.5 Å². The number of carbonyl (C=O) groups excluding carboxylic acids is 1. The van der Waals surface area contributed by atoms with Crippen molar-refractivity contribution in [2.75, 3.05) is 14.2 Å². The number of carbonyl (C=O) groups is 1. The molecule has 3 N–H and O–H groups in total. The van der Waals surface area contributed by atoms with Crippen molar-refractivity contribution in [1.29, 1.82) is 0 Å². The number of benzene rings is 2. The van der Waals surface area contributed by atoms with Crippen LogP contribution in [0.5, 0.6) is 11.5 Å². The highest BCUT2D eigenvalue weighted by molar-refractivity contribution is 5.89. The average molecular weight is 463 g/mol. The number of fused-ring (bicyclic) bond motifs is 3. The molecule has 34 heavy (non-hydrogen) atoms. The summed E-state index contributed by atoms with van der Waals surface area (Å²) in [7, 11) is 3.31. The molecular formula is C25H30N6O3. The molecule has 3 atom stereocenters. The van der Waals surface area contributed by atoms with Gasteiger partial charge in [0.2, 0.25) is 5.91 Å². The summed E-state index contributed by atoms with van der Waals surface area (Å²) < 4.78 is 10.6. The summed E-state index contributed by atoms with van der Waals surface area (Å²) in [6.07, 6.45) is 5.98. The van der Waals surface area contributed by atoms with Crippen LogP contribution in [0.3, 0.4) is 0 Å². The first-order chi connectivity index (χ1) is 16.7. The van der Waals surface area contributed by atoms with Crippen LogP contribution in [0.1, 0.15) is 36.4 Å². The van der Waals surface area contributed by atoms with Crippen molar-refractivity contribution < 1.29 is 14.3 Å². The molecular weight excluding hydrogens is 432 g/mol. The van der Waals surface area contributed by atoms with Crippen molar-refractivity contribution in [2.45, 2.75) is 44.1 Å². The van der Waals surface area contributed by atoms with Crippen LogP contribution in [0.15, 0.2) is 66.0 Å². The van der Waals surface area contributed by atoms with Crippen LogP contribution in [0.25, 0.3) is 0 Å². The monoisotopic (exact) mass is 462 g/mol. The highest BCUT2D eigenvalue weighted by atomic mass is 16.5. The number of hydrogen-bond donors (Lipinski definition) is 3. The lowest BCUT2D eigenvalue weighted by Gasteiger charge is -2.37. The Balaban J connectivity index is 1.14. The van der Waals surface area contributed by atoms with Gasteiger partial charge in [0.05, 0.1) is 26.3 Å². The van der Waals surface area contributed by atoms with Crippen LogP contribution in [0.2, 0.25) is 0 Å². The van der Waals surface area contributed by atoms with E-state index >= 15 is 0 Å². The zero-order chi connectivity index (χ0) is 23.5. The Bertz CT molecular complexity index is 1090. The van der Waals surface area contributed by atoms with Crippen LogP contribution in [-0.4, -0.2) is 48.1 Å². The molecule has 1 amide bonds. The molecule has 3 heterocycles. The van der Waals surface area contributed by atoms with Gasteiger partial charge in [-0.25, -0.2) is 5.43 Å². The molecule has 0 aromatic heterocycles. The minimum Gasteiger partial charge on any atom is -0.497 e. The van der Waals surface area contributed by atoms with Gasteiger partial charge in [-0.15, -0.1) is 0 Å². The molecule has 0 saturated carbocycles. The van der Waals surface area contributed by atoms with Crippen LogP contribution < -0.4 is 25.6 Å². The molecule has 0 spiro atoms. The quantitative estimate of drug-likeness (QED) is 0.555. The van der Waals surface area contributed by atoms with E-state index in [0.29, 0.717) is 19.4 Å². The second kappa shape index (κ2) is 9.64. The van der Waals surface area contributed by atoms with Crippen LogP contribution in [0.4, 0.5) is 0 Å². The number of ether oxygens (including phenoxy) is 2. The normalized spacial score (nSPS) is 22.5. The number of rotatable bonds is 8. The highest BCUT2D eigenvalue weighted by Gasteiger charge is 2.44. The van der Waals surface area contributed by atoms with Crippen molar-refractivity contribution in [1.82, 2.24) is 26.1 Å². The third kappa shape index (κ3) is 4.38. The average Bonchev–Trinajstić information content (AvgIpc) is 3.50. The molecule has 3 unspecified atom stereocenters. The Morgan fingerprint density at radius 3 is 2.74 bits per heavy atom. The number of hydrogen-bond acceptors (Lipinski definition) is 8. The molecule has 0 aliphatic carbocycles. The molecule has 0 radical (unpaired) electrons. The third-order valence-corrected chi connectivity index (χ3v) is 6.58. The molecule has 9 heteroatoms. The summed E-state index contributed by atoms with van der Waals surface area (Å²) in [6.45, 7) is 0.440. The molecule has 1 fully saturated rings. The zero-order valence-electron chi connectivity index (χ0n) is 19.4. The molecule has 178 valence electrons. The van der Waals surface area contributed by atoms with Gasteiger partial charge in [0.15, 0.2) is 0 Å². The first kappa shape index (κ1) is 22.1. The van der Waals surface area contributed by atoms with Gasteiger partial charge in [-0.2, -0.15) is 5.10 Å². The second-order valence-electron chi connectivity index (χ2n) is 8.56. The summed E-state index contributed by atoms with van der Waals surface area (Å²) >= 11 is 0. The van der Waals surface area contributed by atoms with Crippen molar-refractivity contribution in [2.24, 2.45) is 5.10 Å². The largest absolute Gasteiger partial charge is 0.497 e. The smallest absolute Gasteiger partial charge is 0.220 e. The van der Waals surface area contributed by atoms with E-state index in [4.69, 9.17) is 9.47 Å². The van der Waals surface area contributed by atoms with Crippen LogP contribution in [0, 0.1) is 0 Å². The maximum absolute atomic E-state index is 12.5. The molecule has 2 aromatic rings. The molecule has 9 nitrogen and oxygen atoms in total. The van der Waals surface area contributed by atoms with E-state index in [-0.39, 0.29) is 24.2 Å². The number of amidine groups is 1. The summed E-state index contributed by atoms with van der Waals surface area (Å²) in [5.74, 6) is 2.49. The Morgan fingerprint density at radius 1 is 1.12 bits per heavy atom. The lowest BCUT2D eigenvalue weighted by molar-refractivity contribution is -0.121. The van der Waals surface area contributed by atoms with Gasteiger partial charge < -0.3 is 24.7 Å². The number of nitrogens with one attached hydrogen (secondary N) is 3. The Labute approximate surface area is 199 Å². The number of nitrogens with zero attached hydrogens (tertiary/aromatic N) is 3. The van der Waals surface area contributed by atoms with E-state index in [1.165, 1.54) is 5.56 Å². The summed E-state index contributed by atoms with van der Waals surface area (Å²) in [4.78, 5) is 14.6. The Kier molecular flexibility index (Phi) is 6.27. The summed E-state index contributed by atoms with van der Waals surface area (Å²) in [6, 6.07) is 16.3. The minimum absolute atomic E-state index is 0.0122. The minimum atomic E-state index is -0.0122. The van der Waals surface area contributed by atoms with Crippen molar-refractivity contribution >= 4 is 11.7 Å². The van der Waals surface area contributed by atoms with Crippen LogP contribution >= 0.6 is 0 Å². The predicted molar refractivity (Wildman–Crippen MR) is 129 cm³/mol. The van der Waals surface area contributed by atoms with E-state index in [1.807, 2.05) is 42.6 Å². The Morgan fingerprint density at radius 2 is 1.94 bits per heavy atom. The summed E-state index contributed by atoms with van der Waals surface area (Å²) in [5, 5.41) is 9.68. The fourth-order valence-electron chi connectivity index (χ4n) is 4.72. The van der Waals surface area contributed by atoms with Crippen molar-refractivity contribution in [3.63, 3.8) is 0 Å². The van der Waals surface area contributed by atoms with Crippen molar-refractivity contribution in [3.05, 3.63) is 72.1 Å². The molecule has 0 bridgehead atoms. The van der Waals surface area contributed by atoms with Crippen molar-refractivity contribution in [3.8, 4) is 11.5 Å². The lowest BCUT2D eigenvalue weighted by atomic mass is 9.99. The van der Waals surface area contributed by atoms with Crippen LogP contribution in [-0.2, 0) is 11.3 Å². The fourth-order valence-corrected chi connectivity index (χ4v) is 4.72. The number of amides is 1. The lowest BCUT2D eigenvalue weighted by Crippen LogP contribution is -2.54. The zero-order valence-corrected chi connectivity index (χ0v) is 19.4. The first-order valence-corrected chi connectivity index (χ1v) is 11.5. The predicted octanol–water partition coefficient (Wildman–Crippen LogP) is 2.45. The standard InChI is InChI=1S/C25H30N6O3/c1-33-19-9-7-17(8-10-19)20-15-21-25-28-27-23(30(25)13-14-31(21)29-20)11-12-24(32)26-16-18-5-3-4-6-22(18)34-2/h3-10,13-14,20-21,25,28-29H,11-12,15-16H2,1-2H3,(H,26,32). The SMILES string of the molecule is COc1ccc(C2CC3C4NN=C(CCC(=O)NCc5ccccc5OC)N4C=CN3N2)cc1. The van der Waals surface area contributed by atoms with E-state index in [9.17, 15) is 4.79 Å². The van der Waals surface area contributed by atoms with E-state index < -0.39 is 0 Å². The molecule has 5 rings (SSSR count). The van der Waals surface area contributed by atoms with E-state index in [1.54, 1.807) is 14.2 Å². The molecule has 3 aliphatic heterocycles. The molecule has 1 saturated heterocycles. The Hall–Kier alpha value is -3.72. The highest BCUT2D eigenvalue weighted by Crippen LogP contribution is 2.34. The fraction of sp³-hybridized carbons (Fsp3) is 0.360. The maximum atomic E-state index is 12.5. The van der Waals surface area contributed by atoms with Gasteiger partial charge in [-0.05, 0) is 30.2 Å². The second-order valence-corrected chi connectivity index (χ2v) is 8.56. The van der Waals surface area contributed by atoms with E-state index in [2.05, 4.69) is 49.5 Å². The third-order valence-electron chi connectivity index (χ3n) is 6.58. The molecule has 2 aromatic carbocycles. The number of hydrazone groups is 1. The van der Waals surface area contributed by atoms with Gasteiger partial charge >= 0.3 is 0 Å².